The third-order valence-electron chi connectivity index (χ3n) is 2.80. The van der Waals surface area contributed by atoms with Crippen LogP contribution in [-0.2, 0) is 4.74 Å². The fraction of sp³-hybridized carbons (Fsp3) is 0.500. The number of carbonyl (C=O) groups excluding carboxylic acids is 1. The number of carbonyl (C=O) groups is 1. The van der Waals surface area contributed by atoms with Gasteiger partial charge in [-0.15, -0.1) is 0 Å². The second kappa shape index (κ2) is 5.63. The van der Waals surface area contributed by atoms with Gasteiger partial charge in [0.2, 0.25) is 0 Å². The molecule has 1 atom stereocenters. The molecule has 5 nitrogen and oxygen atoms in total. The number of nitrogens with one attached hydrogen (secondary N) is 2. The van der Waals surface area contributed by atoms with Crippen LogP contribution >= 0.6 is 0 Å². The molecule has 2 heterocycles. The Bertz CT molecular complexity index is 389. The van der Waals surface area contributed by atoms with E-state index in [1.807, 2.05) is 13.1 Å². The quantitative estimate of drug-likeness (QED) is 0.818. The first-order valence-corrected chi connectivity index (χ1v) is 5.83. The number of rotatable bonds is 4. The van der Waals surface area contributed by atoms with Crippen molar-refractivity contribution in [2.75, 3.05) is 25.5 Å². The highest BCUT2D eigenvalue weighted by Gasteiger charge is 2.17. The van der Waals surface area contributed by atoms with E-state index in [1.54, 1.807) is 12.3 Å². The summed E-state index contributed by atoms with van der Waals surface area (Å²) in [5.41, 5.74) is 1.30. The van der Waals surface area contributed by atoms with Crippen molar-refractivity contribution < 1.29 is 9.53 Å². The third-order valence-corrected chi connectivity index (χ3v) is 2.80. The highest BCUT2D eigenvalue weighted by molar-refractivity contribution is 5.93. The Morgan fingerprint density at radius 1 is 1.65 bits per heavy atom. The molecular weight excluding hydrogens is 218 g/mol. The Kier molecular flexibility index (Phi) is 3.93. The predicted octanol–water partition coefficient (Wildman–Crippen LogP) is 1.03. The molecule has 1 amide bonds. The van der Waals surface area contributed by atoms with Crippen molar-refractivity contribution in [2.24, 2.45) is 0 Å². The SMILES string of the molecule is CNc1ccnc(C(=O)NCC2CCCO2)c1. The number of anilines is 1. The fourth-order valence-corrected chi connectivity index (χ4v) is 1.81. The van der Waals surface area contributed by atoms with Gasteiger partial charge in [-0.05, 0) is 25.0 Å². The van der Waals surface area contributed by atoms with Crippen LogP contribution in [0.1, 0.15) is 23.3 Å². The molecule has 92 valence electrons. The van der Waals surface area contributed by atoms with Crippen LogP contribution < -0.4 is 10.6 Å². The van der Waals surface area contributed by atoms with Crippen LogP contribution in [0, 0.1) is 0 Å². The Labute approximate surface area is 101 Å². The van der Waals surface area contributed by atoms with Crippen LogP contribution in [0.2, 0.25) is 0 Å². The van der Waals surface area contributed by atoms with Gasteiger partial charge in [0, 0.05) is 32.1 Å². The van der Waals surface area contributed by atoms with Crippen molar-refractivity contribution in [3.05, 3.63) is 24.0 Å². The molecular formula is C12H17N3O2. The summed E-state index contributed by atoms with van der Waals surface area (Å²) in [6, 6.07) is 3.54. The van der Waals surface area contributed by atoms with Crippen LogP contribution in [-0.4, -0.2) is 37.2 Å². The molecule has 1 unspecified atom stereocenters. The summed E-state index contributed by atoms with van der Waals surface area (Å²) < 4.78 is 5.44. The van der Waals surface area contributed by atoms with Gasteiger partial charge < -0.3 is 15.4 Å². The number of nitrogens with zero attached hydrogens (tertiary/aromatic N) is 1. The summed E-state index contributed by atoms with van der Waals surface area (Å²) in [5, 5.41) is 5.81. The van der Waals surface area contributed by atoms with Crippen molar-refractivity contribution in [2.45, 2.75) is 18.9 Å². The van der Waals surface area contributed by atoms with Crippen molar-refractivity contribution in [3.63, 3.8) is 0 Å². The molecule has 1 aliphatic rings. The second-order valence-electron chi connectivity index (χ2n) is 4.02. The van der Waals surface area contributed by atoms with Gasteiger partial charge >= 0.3 is 0 Å². The molecule has 2 N–H and O–H groups in total. The van der Waals surface area contributed by atoms with E-state index in [-0.39, 0.29) is 12.0 Å². The van der Waals surface area contributed by atoms with Crippen molar-refractivity contribution in [3.8, 4) is 0 Å². The zero-order valence-corrected chi connectivity index (χ0v) is 9.90. The average molecular weight is 235 g/mol. The van der Waals surface area contributed by atoms with Crippen LogP contribution in [0.15, 0.2) is 18.3 Å². The standard InChI is InChI=1S/C12H17N3O2/c1-13-9-4-5-14-11(7-9)12(16)15-8-10-3-2-6-17-10/h4-5,7,10H,2-3,6,8H2,1H3,(H,13,14)(H,15,16). The van der Waals surface area contributed by atoms with Gasteiger partial charge in [0.1, 0.15) is 5.69 Å². The molecule has 1 aromatic heterocycles. The van der Waals surface area contributed by atoms with Crippen LogP contribution in [0.3, 0.4) is 0 Å². The number of pyridine rings is 1. The zero-order chi connectivity index (χ0) is 12.1. The Balaban J connectivity index is 1.89. The van der Waals surface area contributed by atoms with E-state index in [2.05, 4.69) is 15.6 Å². The van der Waals surface area contributed by atoms with Gasteiger partial charge in [0.05, 0.1) is 6.10 Å². The van der Waals surface area contributed by atoms with Crippen LogP contribution in [0.5, 0.6) is 0 Å². The largest absolute Gasteiger partial charge is 0.388 e. The predicted molar refractivity (Wildman–Crippen MR) is 65.1 cm³/mol. The van der Waals surface area contributed by atoms with Crippen molar-refractivity contribution >= 4 is 11.6 Å². The first kappa shape index (κ1) is 11.9. The highest BCUT2D eigenvalue weighted by atomic mass is 16.5. The molecule has 0 bridgehead atoms. The molecule has 0 spiro atoms. The minimum atomic E-state index is -0.155. The molecule has 1 aromatic rings. The fourth-order valence-electron chi connectivity index (χ4n) is 1.81. The molecule has 2 rings (SSSR count). The van der Waals surface area contributed by atoms with Crippen molar-refractivity contribution in [1.29, 1.82) is 0 Å². The van der Waals surface area contributed by atoms with E-state index >= 15 is 0 Å². The van der Waals surface area contributed by atoms with E-state index in [4.69, 9.17) is 4.74 Å². The monoisotopic (exact) mass is 235 g/mol. The van der Waals surface area contributed by atoms with Gasteiger partial charge in [0.25, 0.3) is 5.91 Å². The van der Waals surface area contributed by atoms with Gasteiger partial charge in [-0.1, -0.05) is 0 Å². The lowest BCUT2D eigenvalue weighted by atomic mass is 10.2. The maximum absolute atomic E-state index is 11.8. The first-order valence-electron chi connectivity index (χ1n) is 5.83. The van der Waals surface area contributed by atoms with E-state index in [9.17, 15) is 4.79 Å². The Morgan fingerprint density at radius 3 is 3.24 bits per heavy atom. The average Bonchev–Trinajstić information content (AvgIpc) is 2.89. The van der Waals surface area contributed by atoms with Crippen LogP contribution in [0.4, 0.5) is 5.69 Å². The molecule has 1 fully saturated rings. The lowest BCUT2D eigenvalue weighted by Gasteiger charge is -2.10. The number of aromatic nitrogens is 1. The summed E-state index contributed by atoms with van der Waals surface area (Å²) in [5.74, 6) is -0.155. The van der Waals surface area contributed by atoms with E-state index in [0.29, 0.717) is 12.2 Å². The summed E-state index contributed by atoms with van der Waals surface area (Å²) in [6.07, 6.45) is 3.87. The van der Waals surface area contributed by atoms with E-state index < -0.39 is 0 Å². The summed E-state index contributed by atoms with van der Waals surface area (Å²) in [6.45, 7) is 1.36. The van der Waals surface area contributed by atoms with Gasteiger partial charge in [-0.3, -0.25) is 9.78 Å². The number of hydrogen-bond acceptors (Lipinski definition) is 4. The summed E-state index contributed by atoms with van der Waals surface area (Å²) >= 11 is 0. The lowest BCUT2D eigenvalue weighted by molar-refractivity contribution is 0.0854. The van der Waals surface area contributed by atoms with Gasteiger partial charge in [0.15, 0.2) is 0 Å². The molecule has 0 radical (unpaired) electrons. The Morgan fingerprint density at radius 2 is 2.53 bits per heavy atom. The molecule has 1 aliphatic heterocycles. The molecule has 0 aromatic carbocycles. The smallest absolute Gasteiger partial charge is 0.270 e. The second-order valence-corrected chi connectivity index (χ2v) is 4.02. The summed E-state index contributed by atoms with van der Waals surface area (Å²) in [4.78, 5) is 15.9. The zero-order valence-electron chi connectivity index (χ0n) is 9.90. The van der Waals surface area contributed by atoms with E-state index in [0.717, 1.165) is 25.1 Å². The van der Waals surface area contributed by atoms with Crippen molar-refractivity contribution in [1.82, 2.24) is 10.3 Å². The minimum absolute atomic E-state index is 0.155. The third kappa shape index (κ3) is 3.17. The van der Waals surface area contributed by atoms with Gasteiger partial charge in [-0.25, -0.2) is 0 Å². The maximum atomic E-state index is 11.8. The van der Waals surface area contributed by atoms with Gasteiger partial charge in [-0.2, -0.15) is 0 Å². The normalized spacial score (nSPS) is 19.0. The van der Waals surface area contributed by atoms with E-state index in [1.165, 1.54) is 0 Å². The first-order chi connectivity index (χ1) is 8.29. The molecule has 17 heavy (non-hydrogen) atoms. The number of hydrogen-bond donors (Lipinski definition) is 2. The minimum Gasteiger partial charge on any atom is -0.388 e. The topological polar surface area (TPSA) is 63.2 Å². The summed E-state index contributed by atoms with van der Waals surface area (Å²) in [7, 11) is 1.81. The Hall–Kier alpha value is -1.62. The highest BCUT2D eigenvalue weighted by Crippen LogP contribution is 2.11. The maximum Gasteiger partial charge on any atom is 0.270 e. The number of ether oxygens (including phenoxy) is 1. The molecule has 5 heteroatoms. The van der Waals surface area contributed by atoms with Crippen LogP contribution in [0.25, 0.3) is 0 Å². The molecule has 1 saturated heterocycles. The lowest BCUT2D eigenvalue weighted by Crippen LogP contribution is -2.32. The number of amides is 1. The molecule has 0 saturated carbocycles. The molecule has 0 aliphatic carbocycles.